The minimum Gasteiger partial charge on any atom is -0.495 e. The number of rotatable bonds is 9. The van der Waals surface area contributed by atoms with Gasteiger partial charge in [-0.2, -0.15) is 0 Å². The molecule has 3 N–H and O–H groups in total. The third-order valence-corrected chi connectivity index (χ3v) is 9.94. The van der Waals surface area contributed by atoms with E-state index < -0.39 is 16.1 Å². The highest BCUT2D eigenvalue weighted by Crippen LogP contribution is 2.37. The van der Waals surface area contributed by atoms with E-state index in [9.17, 15) is 13.5 Å². The van der Waals surface area contributed by atoms with E-state index in [4.69, 9.17) is 9.72 Å². The van der Waals surface area contributed by atoms with Gasteiger partial charge in [-0.05, 0) is 75.6 Å². The molecule has 2 aromatic rings. The van der Waals surface area contributed by atoms with Crippen molar-refractivity contribution >= 4 is 26.5 Å². The fourth-order valence-corrected chi connectivity index (χ4v) is 8.05. The number of aryl methyl sites for hydroxylation is 1. The molecule has 2 unspecified atom stereocenters. The van der Waals surface area contributed by atoms with Crippen molar-refractivity contribution in [3.05, 3.63) is 23.9 Å². The number of anilines is 1. The normalized spacial score (nSPS) is 22.6. The largest absolute Gasteiger partial charge is 0.495 e. The van der Waals surface area contributed by atoms with Crippen LogP contribution in [0.3, 0.4) is 0 Å². The summed E-state index contributed by atoms with van der Waals surface area (Å²) in [6.07, 6.45) is 10.1. The molecule has 194 valence electrons. The van der Waals surface area contributed by atoms with Gasteiger partial charge in [-0.1, -0.05) is 43.4 Å². The average molecular weight is 522 g/mol. The van der Waals surface area contributed by atoms with E-state index in [1.54, 1.807) is 23.5 Å². The lowest BCUT2D eigenvalue weighted by Crippen LogP contribution is -2.39. The highest BCUT2D eigenvalue weighted by molar-refractivity contribution is 7.89. The molecule has 2 aliphatic carbocycles. The average Bonchev–Trinajstić information content (AvgIpc) is 3.18. The van der Waals surface area contributed by atoms with Crippen molar-refractivity contribution in [2.24, 2.45) is 5.92 Å². The molecule has 0 amide bonds. The van der Waals surface area contributed by atoms with Crippen LogP contribution < -0.4 is 14.8 Å². The van der Waals surface area contributed by atoms with Crippen molar-refractivity contribution < 1.29 is 18.3 Å². The smallest absolute Gasteiger partial charge is 0.244 e. The second-order valence-electron chi connectivity index (χ2n) is 10.2. The Morgan fingerprint density at radius 3 is 2.66 bits per heavy atom. The van der Waals surface area contributed by atoms with Crippen molar-refractivity contribution in [2.45, 2.75) is 101 Å². The van der Waals surface area contributed by atoms with Gasteiger partial charge < -0.3 is 15.2 Å². The highest BCUT2D eigenvalue weighted by Gasteiger charge is 2.28. The van der Waals surface area contributed by atoms with E-state index >= 15 is 0 Å². The number of nitrogens with zero attached hydrogens (tertiary/aromatic N) is 1. The summed E-state index contributed by atoms with van der Waals surface area (Å²) in [5.41, 5.74) is 1.68. The number of methoxy groups -OCH3 is 1. The summed E-state index contributed by atoms with van der Waals surface area (Å²) >= 11 is 1.56. The van der Waals surface area contributed by atoms with Crippen LogP contribution in [-0.2, 0) is 10.0 Å². The van der Waals surface area contributed by atoms with Crippen molar-refractivity contribution in [3.8, 4) is 16.2 Å². The Labute approximate surface area is 213 Å². The van der Waals surface area contributed by atoms with Gasteiger partial charge in [-0.25, -0.2) is 18.1 Å². The van der Waals surface area contributed by atoms with Crippen LogP contribution in [0.1, 0.15) is 76.8 Å². The molecule has 4 rings (SSSR count). The highest BCUT2D eigenvalue weighted by atomic mass is 32.2. The Balaban J connectivity index is 1.52. The molecule has 1 heterocycles. The van der Waals surface area contributed by atoms with Gasteiger partial charge in [0.25, 0.3) is 0 Å². The molecule has 1 aromatic heterocycles. The number of benzene rings is 1. The summed E-state index contributed by atoms with van der Waals surface area (Å²) in [6, 6.07) is 5.34. The van der Waals surface area contributed by atoms with Crippen LogP contribution in [0.5, 0.6) is 5.75 Å². The molecule has 2 aliphatic rings. The monoisotopic (exact) mass is 521 g/mol. The van der Waals surface area contributed by atoms with E-state index in [-0.39, 0.29) is 10.9 Å². The van der Waals surface area contributed by atoms with Crippen LogP contribution in [0.2, 0.25) is 0 Å². The first kappa shape index (κ1) is 26.4. The maximum Gasteiger partial charge on any atom is 0.244 e. The number of hydrogen-bond donors (Lipinski definition) is 3. The van der Waals surface area contributed by atoms with Crippen molar-refractivity contribution in [1.29, 1.82) is 0 Å². The molecule has 1 aromatic carbocycles. The lowest BCUT2D eigenvalue weighted by molar-refractivity contribution is 0.117. The molecule has 35 heavy (non-hydrogen) atoms. The number of aromatic nitrogens is 1. The summed E-state index contributed by atoms with van der Waals surface area (Å²) in [5.74, 6) is 1.10. The van der Waals surface area contributed by atoms with Crippen LogP contribution >= 0.6 is 11.3 Å². The molecule has 2 fully saturated rings. The topological polar surface area (TPSA) is 101 Å². The number of hydrogen-bond acceptors (Lipinski definition) is 7. The van der Waals surface area contributed by atoms with E-state index in [1.165, 1.54) is 39.2 Å². The summed E-state index contributed by atoms with van der Waals surface area (Å²) in [6.45, 7) is 4.18. The SMILES string of the molecule is COc1ccc(-c2sc(N[C@H](C)CC3CCCCC3)nc2C)cc1S(=O)(=O)NC1CCCC(O)C1. The molecule has 7 nitrogen and oxygen atoms in total. The Bertz CT molecular complexity index is 1100. The molecular formula is C26H39N3O4S2. The molecule has 9 heteroatoms. The van der Waals surface area contributed by atoms with Gasteiger partial charge in [0.05, 0.1) is 23.8 Å². The lowest BCUT2D eigenvalue weighted by atomic mass is 9.85. The first-order valence-electron chi connectivity index (χ1n) is 12.9. The minimum absolute atomic E-state index is 0.116. The van der Waals surface area contributed by atoms with E-state index in [1.807, 2.05) is 13.0 Å². The number of sulfonamides is 1. The summed E-state index contributed by atoms with van der Waals surface area (Å²) in [7, 11) is -2.34. The van der Waals surface area contributed by atoms with E-state index in [0.717, 1.165) is 52.9 Å². The number of aliphatic hydroxyl groups is 1. The number of thiazole rings is 1. The molecule has 0 radical (unpaired) electrons. The van der Waals surface area contributed by atoms with Crippen LogP contribution in [-0.4, -0.2) is 43.8 Å². The maximum absolute atomic E-state index is 13.3. The molecule has 0 saturated heterocycles. The van der Waals surface area contributed by atoms with Gasteiger partial charge in [-0.3, -0.25) is 0 Å². The van der Waals surface area contributed by atoms with Gasteiger partial charge in [0.2, 0.25) is 10.0 Å². The zero-order valence-electron chi connectivity index (χ0n) is 21.0. The van der Waals surface area contributed by atoms with Crippen molar-refractivity contribution in [3.63, 3.8) is 0 Å². The molecular weight excluding hydrogens is 482 g/mol. The molecule has 0 aliphatic heterocycles. The van der Waals surface area contributed by atoms with Crippen LogP contribution in [0.25, 0.3) is 10.4 Å². The molecule has 0 bridgehead atoms. The van der Waals surface area contributed by atoms with Crippen molar-refractivity contribution in [1.82, 2.24) is 9.71 Å². The van der Waals surface area contributed by atoms with Gasteiger partial charge in [0, 0.05) is 12.1 Å². The Morgan fingerprint density at radius 1 is 1.17 bits per heavy atom. The Kier molecular flexibility index (Phi) is 8.73. The molecule has 2 saturated carbocycles. The first-order valence-corrected chi connectivity index (χ1v) is 15.2. The fourth-order valence-electron chi connectivity index (χ4n) is 5.50. The Morgan fingerprint density at radius 2 is 1.94 bits per heavy atom. The van der Waals surface area contributed by atoms with Crippen LogP contribution in [0.15, 0.2) is 23.1 Å². The standard InChI is InChI=1S/C26H39N3O4S2/c1-17(14-19-8-5-4-6-9-19)27-26-28-18(2)25(34-26)20-12-13-23(33-3)24(15-20)35(31,32)29-21-10-7-11-22(30)16-21/h12-13,15,17,19,21-22,29-30H,4-11,14,16H2,1-3H3,(H,27,28)/t17-,21?,22?/m1/s1. The maximum atomic E-state index is 13.3. The second-order valence-corrected chi connectivity index (χ2v) is 12.9. The quantitative estimate of drug-likeness (QED) is 0.404. The van der Waals surface area contributed by atoms with Gasteiger partial charge in [0.15, 0.2) is 5.13 Å². The second kappa shape index (κ2) is 11.6. The fraction of sp³-hybridized carbons (Fsp3) is 0.654. The van der Waals surface area contributed by atoms with Crippen LogP contribution in [0, 0.1) is 12.8 Å². The van der Waals surface area contributed by atoms with Crippen molar-refractivity contribution in [2.75, 3.05) is 12.4 Å². The first-order chi connectivity index (χ1) is 16.7. The van der Waals surface area contributed by atoms with E-state index in [2.05, 4.69) is 17.0 Å². The summed E-state index contributed by atoms with van der Waals surface area (Å²) in [4.78, 5) is 5.80. The van der Waals surface area contributed by atoms with Gasteiger partial charge in [-0.15, -0.1) is 0 Å². The summed E-state index contributed by atoms with van der Waals surface area (Å²) < 4.78 is 34.8. The predicted molar refractivity (Wildman–Crippen MR) is 142 cm³/mol. The van der Waals surface area contributed by atoms with Gasteiger partial charge in [0.1, 0.15) is 10.6 Å². The molecule has 3 atom stereocenters. The van der Waals surface area contributed by atoms with Crippen LogP contribution in [0.4, 0.5) is 5.13 Å². The zero-order chi connectivity index (χ0) is 25.0. The minimum atomic E-state index is -3.82. The zero-order valence-corrected chi connectivity index (χ0v) is 22.7. The third kappa shape index (κ3) is 6.76. The predicted octanol–water partition coefficient (Wildman–Crippen LogP) is 5.48. The third-order valence-electron chi connectivity index (χ3n) is 7.26. The van der Waals surface area contributed by atoms with E-state index in [0.29, 0.717) is 18.2 Å². The summed E-state index contributed by atoms with van der Waals surface area (Å²) in [5, 5.41) is 14.4. The van der Waals surface area contributed by atoms with Gasteiger partial charge >= 0.3 is 0 Å². The Hall–Kier alpha value is -1.68. The molecule has 0 spiro atoms. The number of nitrogens with one attached hydrogen (secondary N) is 2. The lowest BCUT2D eigenvalue weighted by Gasteiger charge is -2.26. The number of aliphatic hydroxyl groups excluding tert-OH is 1. The number of ether oxygens (including phenoxy) is 1.